The Hall–Kier alpha value is -1.03. The molecule has 1 rings (SSSR count). The van der Waals surface area contributed by atoms with Gasteiger partial charge in [0.25, 0.3) is 5.56 Å². The molecule has 0 aliphatic carbocycles. The van der Waals surface area contributed by atoms with Crippen LogP contribution in [0.3, 0.4) is 0 Å². The molecule has 0 fully saturated rings. The van der Waals surface area contributed by atoms with E-state index in [4.69, 9.17) is 0 Å². The third-order valence-electron chi connectivity index (χ3n) is 1.29. The summed E-state index contributed by atoms with van der Waals surface area (Å²) in [6, 6.07) is 0. The van der Waals surface area contributed by atoms with Gasteiger partial charge in [-0.05, 0) is 6.92 Å². The number of aromatic amines is 1. The van der Waals surface area contributed by atoms with Crippen LogP contribution in [-0.2, 0) is 0 Å². The lowest BCUT2D eigenvalue weighted by molar-refractivity contribution is 0.918. The molecule has 1 heterocycles. The van der Waals surface area contributed by atoms with Gasteiger partial charge in [-0.15, -0.1) is 6.58 Å². The summed E-state index contributed by atoms with van der Waals surface area (Å²) in [5.41, 5.74) is 0.564. The van der Waals surface area contributed by atoms with Gasteiger partial charge in [0, 0.05) is 17.5 Å². The lowest BCUT2D eigenvalue weighted by Crippen LogP contribution is -2.10. The zero-order valence-corrected chi connectivity index (χ0v) is 7.65. The summed E-state index contributed by atoms with van der Waals surface area (Å²) in [5.74, 6) is 0.756. The van der Waals surface area contributed by atoms with Crippen LogP contribution in [0.4, 0.5) is 0 Å². The number of hydrogen-bond acceptors (Lipinski definition) is 3. The molecule has 4 heteroatoms. The van der Waals surface area contributed by atoms with Crippen molar-refractivity contribution >= 4 is 11.8 Å². The molecule has 0 saturated carbocycles. The van der Waals surface area contributed by atoms with Crippen LogP contribution in [0.25, 0.3) is 0 Å². The second-order valence-electron chi connectivity index (χ2n) is 2.30. The summed E-state index contributed by atoms with van der Waals surface area (Å²) in [5, 5.41) is 0.644. The largest absolute Gasteiger partial charge is 0.301 e. The molecule has 0 unspecified atom stereocenters. The van der Waals surface area contributed by atoms with Gasteiger partial charge in [-0.2, -0.15) is 0 Å². The van der Waals surface area contributed by atoms with Gasteiger partial charge < -0.3 is 4.98 Å². The average molecular weight is 182 g/mol. The van der Waals surface area contributed by atoms with Crippen molar-refractivity contribution in [3.05, 3.63) is 34.8 Å². The summed E-state index contributed by atoms with van der Waals surface area (Å²) in [4.78, 5) is 17.8. The Morgan fingerprint density at radius 1 is 1.83 bits per heavy atom. The maximum absolute atomic E-state index is 11.1. The fraction of sp³-hybridized carbons (Fsp3) is 0.250. The molecule has 64 valence electrons. The van der Waals surface area contributed by atoms with Gasteiger partial charge in [0.2, 0.25) is 0 Å². The molecule has 1 aromatic rings. The van der Waals surface area contributed by atoms with Crippen LogP contribution in [0, 0.1) is 6.92 Å². The highest BCUT2D eigenvalue weighted by molar-refractivity contribution is 7.99. The number of aryl methyl sites for hydroxylation is 1. The van der Waals surface area contributed by atoms with Crippen molar-refractivity contribution in [2.24, 2.45) is 0 Å². The predicted octanol–water partition coefficient (Wildman–Crippen LogP) is 1.36. The van der Waals surface area contributed by atoms with Crippen LogP contribution in [0.5, 0.6) is 0 Å². The van der Waals surface area contributed by atoms with Crippen molar-refractivity contribution in [2.75, 3.05) is 5.75 Å². The fourth-order valence-electron chi connectivity index (χ4n) is 0.653. The van der Waals surface area contributed by atoms with E-state index >= 15 is 0 Å². The van der Waals surface area contributed by atoms with Crippen molar-refractivity contribution < 1.29 is 0 Å². The Morgan fingerprint density at radius 3 is 3.17 bits per heavy atom. The number of aromatic nitrogens is 2. The van der Waals surface area contributed by atoms with Crippen LogP contribution in [-0.4, -0.2) is 15.7 Å². The Kier molecular flexibility index (Phi) is 3.10. The SMILES string of the molecule is C=CCSc1ncc(C)c(=O)[nH]1. The molecular formula is C8H10N2OS. The highest BCUT2D eigenvalue weighted by atomic mass is 32.2. The molecule has 0 atom stereocenters. The molecule has 0 amide bonds. The minimum atomic E-state index is -0.0726. The lowest BCUT2D eigenvalue weighted by atomic mass is 10.4. The summed E-state index contributed by atoms with van der Waals surface area (Å²) in [6.07, 6.45) is 3.34. The van der Waals surface area contributed by atoms with Crippen LogP contribution in [0.1, 0.15) is 5.56 Å². The topological polar surface area (TPSA) is 45.8 Å². The molecule has 12 heavy (non-hydrogen) atoms. The van der Waals surface area contributed by atoms with E-state index in [0.29, 0.717) is 10.7 Å². The van der Waals surface area contributed by atoms with E-state index in [1.165, 1.54) is 11.8 Å². The van der Waals surface area contributed by atoms with E-state index in [-0.39, 0.29) is 5.56 Å². The van der Waals surface area contributed by atoms with Gasteiger partial charge in [0.1, 0.15) is 0 Å². The van der Waals surface area contributed by atoms with Crippen molar-refractivity contribution in [1.29, 1.82) is 0 Å². The molecule has 0 aliphatic rings. The number of nitrogens with one attached hydrogen (secondary N) is 1. The average Bonchev–Trinajstić information content (AvgIpc) is 2.07. The first kappa shape index (κ1) is 9.06. The molecule has 1 aromatic heterocycles. The molecule has 1 N–H and O–H groups in total. The van der Waals surface area contributed by atoms with Crippen molar-refractivity contribution in [2.45, 2.75) is 12.1 Å². The third-order valence-corrected chi connectivity index (χ3v) is 2.18. The van der Waals surface area contributed by atoms with E-state index in [0.717, 1.165) is 5.75 Å². The van der Waals surface area contributed by atoms with Gasteiger partial charge >= 0.3 is 0 Å². The van der Waals surface area contributed by atoms with Crippen LogP contribution >= 0.6 is 11.8 Å². The lowest BCUT2D eigenvalue weighted by Gasteiger charge is -1.96. The van der Waals surface area contributed by atoms with E-state index in [1.54, 1.807) is 19.2 Å². The van der Waals surface area contributed by atoms with E-state index in [9.17, 15) is 4.79 Å². The molecule has 0 bridgehead atoms. The number of hydrogen-bond donors (Lipinski definition) is 1. The maximum Gasteiger partial charge on any atom is 0.254 e. The van der Waals surface area contributed by atoms with Gasteiger partial charge in [0.05, 0.1) is 0 Å². The predicted molar refractivity (Wildman–Crippen MR) is 50.5 cm³/mol. The summed E-state index contributed by atoms with van der Waals surface area (Å²) < 4.78 is 0. The smallest absolute Gasteiger partial charge is 0.254 e. The van der Waals surface area contributed by atoms with E-state index in [1.807, 2.05) is 0 Å². The molecule has 0 radical (unpaired) electrons. The summed E-state index contributed by atoms with van der Waals surface area (Å²) in [7, 11) is 0. The zero-order chi connectivity index (χ0) is 8.97. The second kappa shape index (κ2) is 4.11. The number of H-pyrrole nitrogens is 1. The van der Waals surface area contributed by atoms with E-state index < -0.39 is 0 Å². The third kappa shape index (κ3) is 2.23. The monoisotopic (exact) mass is 182 g/mol. The van der Waals surface area contributed by atoms with Gasteiger partial charge in [-0.3, -0.25) is 4.79 Å². The summed E-state index contributed by atoms with van der Waals surface area (Å²) >= 11 is 1.46. The van der Waals surface area contributed by atoms with Crippen molar-refractivity contribution in [1.82, 2.24) is 9.97 Å². The number of nitrogens with zero attached hydrogens (tertiary/aromatic N) is 1. The first-order valence-corrected chi connectivity index (χ1v) is 4.52. The number of thioether (sulfide) groups is 1. The second-order valence-corrected chi connectivity index (χ2v) is 3.31. The molecule has 0 spiro atoms. The Bertz CT molecular complexity index is 332. The zero-order valence-electron chi connectivity index (χ0n) is 6.83. The van der Waals surface area contributed by atoms with Crippen molar-refractivity contribution in [3.8, 4) is 0 Å². The molecular weight excluding hydrogens is 172 g/mol. The molecule has 0 saturated heterocycles. The number of rotatable bonds is 3. The normalized spacial score (nSPS) is 9.75. The summed E-state index contributed by atoms with van der Waals surface area (Å²) in [6.45, 7) is 5.31. The Balaban J connectivity index is 2.82. The van der Waals surface area contributed by atoms with Crippen LogP contribution < -0.4 is 5.56 Å². The first-order valence-electron chi connectivity index (χ1n) is 3.53. The highest BCUT2D eigenvalue weighted by Gasteiger charge is 1.96. The minimum Gasteiger partial charge on any atom is -0.301 e. The van der Waals surface area contributed by atoms with E-state index in [2.05, 4.69) is 16.5 Å². The van der Waals surface area contributed by atoms with Crippen LogP contribution in [0.15, 0.2) is 28.8 Å². The molecule has 0 aliphatic heterocycles. The molecule has 3 nitrogen and oxygen atoms in total. The first-order chi connectivity index (χ1) is 5.74. The van der Waals surface area contributed by atoms with Gasteiger partial charge in [0.15, 0.2) is 5.16 Å². The Labute approximate surface area is 74.9 Å². The quantitative estimate of drug-likeness (QED) is 0.436. The highest BCUT2D eigenvalue weighted by Crippen LogP contribution is 2.09. The van der Waals surface area contributed by atoms with Crippen LogP contribution in [0.2, 0.25) is 0 Å². The fourth-order valence-corrected chi connectivity index (χ4v) is 1.22. The van der Waals surface area contributed by atoms with Gasteiger partial charge in [-0.25, -0.2) is 4.98 Å². The Morgan fingerprint density at radius 2 is 2.58 bits per heavy atom. The minimum absolute atomic E-state index is 0.0726. The molecule has 0 aromatic carbocycles. The maximum atomic E-state index is 11.1. The van der Waals surface area contributed by atoms with Crippen molar-refractivity contribution in [3.63, 3.8) is 0 Å². The standard InChI is InChI=1S/C8H10N2OS/c1-3-4-12-8-9-5-6(2)7(11)10-8/h3,5H,1,4H2,2H3,(H,9,10,11). The van der Waals surface area contributed by atoms with Gasteiger partial charge in [-0.1, -0.05) is 17.8 Å².